The second-order valence-corrected chi connectivity index (χ2v) is 6.13. The molecule has 1 saturated heterocycles. The van der Waals surface area contributed by atoms with Crippen LogP contribution in [0, 0.1) is 12.7 Å². The summed E-state index contributed by atoms with van der Waals surface area (Å²) in [6.07, 6.45) is 0. The Morgan fingerprint density at radius 2 is 2.19 bits per heavy atom. The Morgan fingerprint density at radius 1 is 1.44 bits per heavy atom. The Bertz CT molecular complexity index is 390. The van der Waals surface area contributed by atoms with E-state index in [9.17, 15) is 4.39 Å². The van der Waals surface area contributed by atoms with Gasteiger partial charge in [0, 0.05) is 23.1 Å². The average Bonchev–Trinajstić information content (AvgIpc) is 2.20. The fourth-order valence-electron chi connectivity index (χ4n) is 1.99. The number of nitrogens with one attached hydrogen (secondary N) is 1. The highest BCUT2D eigenvalue weighted by Crippen LogP contribution is 2.29. The minimum Gasteiger partial charge on any atom is -0.303 e. The molecule has 1 heterocycles. The minimum absolute atomic E-state index is 0.104. The molecule has 1 aromatic rings. The maximum Gasteiger partial charge on any atom is 0.126 e. The first kappa shape index (κ1) is 11.9. The summed E-state index contributed by atoms with van der Waals surface area (Å²) in [6, 6.07) is 5.81. The van der Waals surface area contributed by atoms with Crippen molar-refractivity contribution in [1.82, 2.24) is 5.32 Å². The maximum atomic E-state index is 13.5. The fourth-order valence-corrected chi connectivity index (χ4v) is 3.22. The first-order valence-corrected chi connectivity index (χ1v) is 6.75. The van der Waals surface area contributed by atoms with Gasteiger partial charge in [0.2, 0.25) is 0 Å². The van der Waals surface area contributed by atoms with Gasteiger partial charge in [-0.2, -0.15) is 11.8 Å². The summed E-state index contributed by atoms with van der Waals surface area (Å²) in [5.74, 6) is 2.02. The van der Waals surface area contributed by atoms with E-state index in [1.54, 1.807) is 13.0 Å². The topological polar surface area (TPSA) is 12.0 Å². The largest absolute Gasteiger partial charge is 0.303 e. The van der Waals surface area contributed by atoms with Gasteiger partial charge in [-0.15, -0.1) is 0 Å². The normalized spacial score (nSPS) is 24.4. The summed E-state index contributed by atoms with van der Waals surface area (Å²) in [4.78, 5) is 0. The molecule has 1 unspecified atom stereocenters. The van der Waals surface area contributed by atoms with Crippen molar-refractivity contribution in [3.63, 3.8) is 0 Å². The van der Waals surface area contributed by atoms with Crippen LogP contribution in [-0.2, 0) is 0 Å². The Hall–Kier alpha value is -0.540. The highest BCUT2D eigenvalue weighted by Gasteiger charge is 2.28. The number of hydrogen-bond donors (Lipinski definition) is 1. The minimum atomic E-state index is -0.104. The molecular weight excluding hydrogens is 221 g/mol. The third-order valence-corrected chi connectivity index (χ3v) is 4.41. The van der Waals surface area contributed by atoms with Gasteiger partial charge < -0.3 is 5.32 Å². The van der Waals surface area contributed by atoms with Crippen molar-refractivity contribution < 1.29 is 4.39 Å². The summed E-state index contributed by atoms with van der Waals surface area (Å²) in [5.41, 5.74) is 1.91. The van der Waals surface area contributed by atoms with E-state index in [-0.39, 0.29) is 17.4 Å². The highest BCUT2D eigenvalue weighted by atomic mass is 32.2. The number of rotatable bonds is 1. The molecule has 0 bridgehead atoms. The van der Waals surface area contributed by atoms with Crippen LogP contribution >= 0.6 is 11.8 Å². The zero-order valence-electron chi connectivity index (χ0n) is 10.0. The summed E-state index contributed by atoms with van der Waals surface area (Å²) < 4.78 is 13.5. The molecule has 0 spiro atoms. The molecule has 0 aliphatic carbocycles. The van der Waals surface area contributed by atoms with Crippen molar-refractivity contribution in [1.29, 1.82) is 0 Å². The van der Waals surface area contributed by atoms with Gasteiger partial charge in [0.15, 0.2) is 0 Å². The van der Waals surface area contributed by atoms with Crippen LogP contribution in [0.3, 0.4) is 0 Å². The number of benzene rings is 1. The molecule has 3 heteroatoms. The van der Waals surface area contributed by atoms with Crippen molar-refractivity contribution in [2.24, 2.45) is 0 Å². The van der Waals surface area contributed by atoms with Crippen LogP contribution in [0.1, 0.15) is 31.0 Å². The molecule has 16 heavy (non-hydrogen) atoms. The molecule has 1 aliphatic heterocycles. The third kappa shape index (κ3) is 2.58. The molecule has 88 valence electrons. The van der Waals surface area contributed by atoms with Gasteiger partial charge in [-0.25, -0.2) is 4.39 Å². The van der Waals surface area contributed by atoms with Crippen LogP contribution in [0.4, 0.5) is 4.39 Å². The molecule has 0 saturated carbocycles. The van der Waals surface area contributed by atoms with Crippen LogP contribution in [0.5, 0.6) is 0 Å². The van der Waals surface area contributed by atoms with Gasteiger partial charge in [0.1, 0.15) is 5.82 Å². The molecule has 0 amide bonds. The van der Waals surface area contributed by atoms with Crippen LogP contribution in [0.25, 0.3) is 0 Å². The van der Waals surface area contributed by atoms with Crippen molar-refractivity contribution in [2.75, 3.05) is 11.5 Å². The standard InChI is InChI=1S/C13H18FNS/c1-9-4-5-10(6-11(9)14)12-7-16-8-13(2,3)15-12/h4-6,12,15H,7-8H2,1-3H3. The fraction of sp³-hybridized carbons (Fsp3) is 0.538. The van der Waals surface area contributed by atoms with E-state index in [0.717, 1.165) is 17.1 Å². The van der Waals surface area contributed by atoms with Gasteiger partial charge in [-0.05, 0) is 38.0 Å². The molecule has 0 radical (unpaired) electrons. The van der Waals surface area contributed by atoms with Gasteiger partial charge in [-0.3, -0.25) is 0 Å². The molecule has 1 N–H and O–H groups in total. The smallest absolute Gasteiger partial charge is 0.126 e. The summed E-state index contributed by atoms with van der Waals surface area (Å²) >= 11 is 1.93. The van der Waals surface area contributed by atoms with Gasteiger partial charge >= 0.3 is 0 Å². The summed E-state index contributed by atoms with van der Waals surface area (Å²) in [5, 5.41) is 3.57. The Labute approximate surface area is 101 Å². The summed E-state index contributed by atoms with van der Waals surface area (Å²) in [7, 11) is 0. The third-order valence-electron chi connectivity index (χ3n) is 2.91. The lowest BCUT2D eigenvalue weighted by molar-refractivity contribution is 0.375. The lowest BCUT2D eigenvalue weighted by Crippen LogP contribution is -2.48. The Kier molecular flexibility index (Phi) is 3.27. The Balaban J connectivity index is 2.20. The number of hydrogen-bond acceptors (Lipinski definition) is 2. The molecule has 1 aromatic carbocycles. The molecule has 1 atom stereocenters. The van der Waals surface area contributed by atoms with E-state index in [1.807, 2.05) is 23.9 Å². The van der Waals surface area contributed by atoms with Crippen LogP contribution in [0.2, 0.25) is 0 Å². The molecule has 1 fully saturated rings. The van der Waals surface area contributed by atoms with Crippen LogP contribution in [-0.4, -0.2) is 17.0 Å². The van der Waals surface area contributed by atoms with E-state index >= 15 is 0 Å². The highest BCUT2D eigenvalue weighted by molar-refractivity contribution is 7.99. The van der Waals surface area contributed by atoms with E-state index in [2.05, 4.69) is 19.2 Å². The van der Waals surface area contributed by atoms with Gasteiger partial charge in [0.05, 0.1) is 0 Å². The average molecular weight is 239 g/mol. The van der Waals surface area contributed by atoms with Gasteiger partial charge in [-0.1, -0.05) is 12.1 Å². The monoisotopic (exact) mass is 239 g/mol. The van der Waals surface area contributed by atoms with E-state index in [4.69, 9.17) is 0 Å². The van der Waals surface area contributed by atoms with Crippen LogP contribution < -0.4 is 5.32 Å². The van der Waals surface area contributed by atoms with Gasteiger partial charge in [0.25, 0.3) is 0 Å². The predicted octanol–water partition coefficient (Wildman–Crippen LogP) is 3.29. The molecule has 0 aromatic heterocycles. The second kappa shape index (κ2) is 4.38. The van der Waals surface area contributed by atoms with Crippen molar-refractivity contribution in [3.8, 4) is 0 Å². The molecular formula is C13H18FNS. The molecule has 2 rings (SSSR count). The SMILES string of the molecule is Cc1ccc(C2CSCC(C)(C)N2)cc1F. The first-order valence-electron chi connectivity index (χ1n) is 5.59. The number of thioether (sulfide) groups is 1. The Morgan fingerprint density at radius 3 is 2.81 bits per heavy atom. The lowest BCUT2D eigenvalue weighted by atomic mass is 10.0. The number of aryl methyl sites for hydroxylation is 1. The van der Waals surface area contributed by atoms with E-state index in [0.29, 0.717) is 5.56 Å². The quantitative estimate of drug-likeness (QED) is 0.807. The van der Waals surface area contributed by atoms with Crippen molar-refractivity contribution >= 4 is 11.8 Å². The van der Waals surface area contributed by atoms with Crippen molar-refractivity contribution in [3.05, 3.63) is 35.1 Å². The van der Waals surface area contributed by atoms with Crippen molar-refractivity contribution in [2.45, 2.75) is 32.4 Å². The first-order chi connectivity index (χ1) is 7.48. The molecule has 1 aliphatic rings. The van der Waals surface area contributed by atoms with E-state index in [1.165, 1.54) is 0 Å². The number of halogens is 1. The molecule has 1 nitrogen and oxygen atoms in total. The maximum absolute atomic E-state index is 13.5. The zero-order valence-corrected chi connectivity index (χ0v) is 10.8. The zero-order chi connectivity index (χ0) is 11.8. The van der Waals surface area contributed by atoms with Crippen LogP contribution in [0.15, 0.2) is 18.2 Å². The van der Waals surface area contributed by atoms with E-state index < -0.39 is 0 Å². The predicted molar refractivity (Wildman–Crippen MR) is 68.4 cm³/mol. The second-order valence-electron chi connectivity index (χ2n) is 5.10. The summed E-state index contributed by atoms with van der Waals surface area (Å²) in [6.45, 7) is 6.18. The lowest BCUT2D eigenvalue weighted by Gasteiger charge is -2.37.